The molecular weight excluding hydrogens is 526 g/mol. The van der Waals surface area contributed by atoms with E-state index in [2.05, 4.69) is 38.0 Å². The lowest BCUT2D eigenvalue weighted by atomic mass is 9.98. The molecule has 6 rings (SSSR count). The summed E-state index contributed by atoms with van der Waals surface area (Å²) in [5.74, 6) is -0.449. The third kappa shape index (κ3) is 6.10. The number of morpholine rings is 1. The van der Waals surface area contributed by atoms with Gasteiger partial charge in [0.1, 0.15) is 0 Å². The van der Waals surface area contributed by atoms with Crippen LogP contribution in [0.25, 0.3) is 11.3 Å². The third-order valence-corrected chi connectivity index (χ3v) is 7.61. The summed E-state index contributed by atoms with van der Waals surface area (Å²) in [5.41, 5.74) is 6.72. The van der Waals surface area contributed by atoms with E-state index in [0.717, 1.165) is 49.7 Å². The van der Waals surface area contributed by atoms with Crippen LogP contribution in [0.5, 0.6) is 0 Å². The SMILES string of the molecule is C[C@@H](NC(=O)c1ccc2c(c1)/C(=C(/Nc1ccc(CN3CCOCC3)cc1)c1cccnc1)C(=O)N2)c1ccccc1. The number of rotatable bonds is 8. The van der Waals surface area contributed by atoms with Gasteiger partial charge in [-0.25, -0.2) is 0 Å². The maximum Gasteiger partial charge on any atom is 0.258 e. The molecule has 42 heavy (non-hydrogen) atoms. The maximum atomic E-state index is 13.4. The second-order valence-corrected chi connectivity index (χ2v) is 10.5. The summed E-state index contributed by atoms with van der Waals surface area (Å²) in [4.78, 5) is 33.3. The fourth-order valence-corrected chi connectivity index (χ4v) is 5.31. The Morgan fingerprint density at radius 3 is 2.50 bits per heavy atom. The lowest BCUT2D eigenvalue weighted by molar-refractivity contribution is -0.110. The zero-order chi connectivity index (χ0) is 28.9. The molecule has 3 heterocycles. The number of hydrogen-bond acceptors (Lipinski definition) is 6. The second kappa shape index (κ2) is 12.4. The van der Waals surface area contributed by atoms with E-state index in [9.17, 15) is 9.59 Å². The van der Waals surface area contributed by atoms with Gasteiger partial charge in [0.2, 0.25) is 0 Å². The van der Waals surface area contributed by atoms with Crippen molar-refractivity contribution in [3.8, 4) is 0 Å². The summed E-state index contributed by atoms with van der Waals surface area (Å²) in [7, 11) is 0. The Bertz CT molecular complexity index is 1600. The van der Waals surface area contributed by atoms with Crippen molar-refractivity contribution in [3.63, 3.8) is 0 Å². The van der Waals surface area contributed by atoms with Crippen LogP contribution in [0.15, 0.2) is 97.3 Å². The monoisotopic (exact) mass is 559 g/mol. The maximum absolute atomic E-state index is 13.4. The molecule has 0 spiro atoms. The van der Waals surface area contributed by atoms with Crippen LogP contribution in [-0.2, 0) is 16.1 Å². The van der Waals surface area contributed by atoms with Crippen LogP contribution in [-0.4, -0.2) is 48.0 Å². The number of carbonyl (C=O) groups excluding carboxylic acids is 2. The first kappa shape index (κ1) is 27.4. The molecule has 1 saturated heterocycles. The molecule has 0 saturated carbocycles. The fourth-order valence-electron chi connectivity index (χ4n) is 5.31. The Morgan fingerprint density at radius 2 is 1.76 bits per heavy atom. The average molecular weight is 560 g/mol. The first-order valence-corrected chi connectivity index (χ1v) is 14.2. The van der Waals surface area contributed by atoms with Crippen LogP contribution in [0, 0.1) is 0 Å². The molecule has 0 aliphatic carbocycles. The fraction of sp³-hybridized carbons (Fsp3) is 0.206. The molecule has 0 unspecified atom stereocenters. The van der Waals surface area contributed by atoms with Gasteiger partial charge in [-0.05, 0) is 60.5 Å². The van der Waals surface area contributed by atoms with Gasteiger partial charge in [0.05, 0.1) is 30.5 Å². The van der Waals surface area contributed by atoms with Gasteiger partial charge in [0, 0.05) is 60.1 Å². The summed E-state index contributed by atoms with van der Waals surface area (Å²) in [5, 5.41) is 9.52. The Hall–Kier alpha value is -4.79. The average Bonchev–Trinajstić information content (AvgIpc) is 3.36. The molecule has 4 aromatic rings. The first-order valence-electron chi connectivity index (χ1n) is 14.2. The number of anilines is 2. The summed E-state index contributed by atoms with van der Waals surface area (Å²) in [6.45, 7) is 6.20. The molecular formula is C34H33N5O3. The quantitative estimate of drug-likeness (QED) is 0.253. The molecule has 1 fully saturated rings. The smallest absolute Gasteiger partial charge is 0.258 e. The van der Waals surface area contributed by atoms with E-state index in [1.807, 2.05) is 61.5 Å². The van der Waals surface area contributed by atoms with Gasteiger partial charge in [-0.1, -0.05) is 42.5 Å². The first-order chi connectivity index (χ1) is 20.5. The molecule has 3 N–H and O–H groups in total. The molecule has 1 aromatic heterocycles. The molecule has 0 bridgehead atoms. The van der Waals surface area contributed by atoms with Crippen molar-refractivity contribution in [2.75, 3.05) is 36.9 Å². The van der Waals surface area contributed by atoms with Crippen LogP contribution < -0.4 is 16.0 Å². The van der Waals surface area contributed by atoms with Crippen molar-refractivity contribution in [2.24, 2.45) is 0 Å². The molecule has 8 nitrogen and oxygen atoms in total. The van der Waals surface area contributed by atoms with Crippen LogP contribution >= 0.6 is 0 Å². The van der Waals surface area contributed by atoms with Gasteiger partial charge in [0.15, 0.2) is 0 Å². The molecule has 1 atom stereocenters. The van der Waals surface area contributed by atoms with Crippen LogP contribution in [0.1, 0.15) is 45.6 Å². The Kier molecular flexibility index (Phi) is 8.07. The van der Waals surface area contributed by atoms with E-state index in [4.69, 9.17) is 4.74 Å². The van der Waals surface area contributed by atoms with Crippen LogP contribution in [0.3, 0.4) is 0 Å². The zero-order valence-corrected chi connectivity index (χ0v) is 23.5. The highest BCUT2D eigenvalue weighted by molar-refractivity contribution is 6.37. The van der Waals surface area contributed by atoms with Crippen molar-refractivity contribution in [1.82, 2.24) is 15.2 Å². The number of benzene rings is 3. The minimum atomic E-state index is -0.240. The predicted molar refractivity (Wildman–Crippen MR) is 165 cm³/mol. The number of pyridine rings is 1. The largest absolute Gasteiger partial charge is 0.379 e. The number of fused-ring (bicyclic) bond motifs is 1. The molecule has 2 aliphatic rings. The lowest BCUT2D eigenvalue weighted by Gasteiger charge is -2.26. The van der Waals surface area contributed by atoms with Gasteiger partial charge in [-0.2, -0.15) is 0 Å². The van der Waals surface area contributed by atoms with Gasteiger partial charge < -0.3 is 20.7 Å². The Morgan fingerprint density at radius 1 is 0.976 bits per heavy atom. The summed E-state index contributed by atoms with van der Waals surface area (Å²) in [6.07, 6.45) is 3.43. The van der Waals surface area contributed by atoms with E-state index in [-0.39, 0.29) is 17.9 Å². The van der Waals surface area contributed by atoms with Crippen LogP contribution in [0.2, 0.25) is 0 Å². The van der Waals surface area contributed by atoms with E-state index in [1.54, 1.807) is 30.6 Å². The molecule has 0 radical (unpaired) electrons. The number of hydrogen-bond donors (Lipinski definition) is 3. The van der Waals surface area contributed by atoms with E-state index >= 15 is 0 Å². The van der Waals surface area contributed by atoms with E-state index < -0.39 is 0 Å². The minimum Gasteiger partial charge on any atom is -0.379 e. The van der Waals surface area contributed by atoms with Gasteiger partial charge >= 0.3 is 0 Å². The van der Waals surface area contributed by atoms with Crippen molar-refractivity contribution >= 4 is 34.5 Å². The van der Waals surface area contributed by atoms with Gasteiger partial charge in [-0.15, -0.1) is 0 Å². The van der Waals surface area contributed by atoms with Crippen LogP contribution in [0.4, 0.5) is 11.4 Å². The molecule has 212 valence electrons. The molecule has 2 amide bonds. The topological polar surface area (TPSA) is 95.6 Å². The van der Waals surface area contributed by atoms with Gasteiger partial charge in [-0.3, -0.25) is 19.5 Å². The van der Waals surface area contributed by atoms with Crippen molar-refractivity contribution in [3.05, 3.63) is 125 Å². The van der Waals surface area contributed by atoms with Crippen molar-refractivity contribution in [2.45, 2.75) is 19.5 Å². The number of amides is 2. The second-order valence-electron chi connectivity index (χ2n) is 10.5. The third-order valence-electron chi connectivity index (χ3n) is 7.61. The number of nitrogens with zero attached hydrogens (tertiary/aromatic N) is 2. The summed E-state index contributed by atoms with van der Waals surface area (Å²) < 4.78 is 5.46. The number of nitrogens with one attached hydrogen (secondary N) is 3. The Balaban J connectivity index is 1.30. The summed E-state index contributed by atoms with van der Waals surface area (Å²) in [6, 6.07) is 26.9. The van der Waals surface area contributed by atoms with Crippen molar-refractivity contribution < 1.29 is 14.3 Å². The molecule has 8 heteroatoms. The Labute approximate surface area is 245 Å². The summed E-state index contributed by atoms with van der Waals surface area (Å²) >= 11 is 0. The number of ether oxygens (including phenoxy) is 1. The molecule has 2 aliphatic heterocycles. The zero-order valence-electron chi connectivity index (χ0n) is 23.5. The predicted octanol–water partition coefficient (Wildman–Crippen LogP) is 5.34. The highest BCUT2D eigenvalue weighted by Gasteiger charge is 2.30. The highest BCUT2D eigenvalue weighted by Crippen LogP contribution is 2.38. The van der Waals surface area contributed by atoms with Crippen molar-refractivity contribution in [1.29, 1.82) is 0 Å². The number of carbonyl (C=O) groups is 2. The minimum absolute atomic E-state index is 0.166. The van der Waals surface area contributed by atoms with Gasteiger partial charge in [0.25, 0.3) is 11.8 Å². The standard InChI is InChI=1S/C34H33N5O3/c1-23(25-6-3-2-4-7-25)36-33(40)26-11-14-30-29(20-26)31(34(41)38-30)32(27-8-5-15-35-21-27)37-28-12-9-24(10-13-28)22-39-16-18-42-19-17-39/h2-15,20-21,23,37H,16-19,22H2,1H3,(H,36,40)(H,38,41)/b32-31-/t23-/m1/s1. The lowest BCUT2D eigenvalue weighted by Crippen LogP contribution is -2.35. The number of aromatic nitrogens is 1. The van der Waals surface area contributed by atoms with E-state index in [1.165, 1.54) is 5.56 Å². The highest BCUT2D eigenvalue weighted by atomic mass is 16.5. The normalized spacial score (nSPS) is 16.7. The molecule has 3 aromatic carbocycles. The van der Waals surface area contributed by atoms with E-state index in [0.29, 0.717) is 28.1 Å².